The van der Waals surface area contributed by atoms with E-state index in [0.717, 1.165) is 16.6 Å². The van der Waals surface area contributed by atoms with E-state index in [1.165, 1.54) is 6.07 Å². The zero-order valence-corrected chi connectivity index (χ0v) is 22.2. The summed E-state index contributed by atoms with van der Waals surface area (Å²) in [6.07, 6.45) is -4.61. The van der Waals surface area contributed by atoms with Gasteiger partial charge in [0.15, 0.2) is 6.17 Å². The first-order valence-corrected chi connectivity index (χ1v) is 13.4. The SMILES string of the molecule is CN1CCC(=Nc2cccc3c2cc(-c2noc(CNC(=O)[C@@H]4C[C@@H]4c4ccccc4)n2)n3CC(F)(F)F)[C@@H](F)C1. The number of hydrogen-bond acceptors (Lipinski definition) is 6. The average molecular weight is 569 g/mol. The number of aliphatic imine (C=N–C) groups is 1. The molecule has 1 aliphatic carbocycles. The van der Waals surface area contributed by atoms with Crippen molar-refractivity contribution in [1.29, 1.82) is 0 Å². The quantitative estimate of drug-likeness (QED) is 0.301. The molecule has 2 aromatic carbocycles. The number of aromatic nitrogens is 3. The summed E-state index contributed by atoms with van der Waals surface area (Å²) in [5.74, 6) is -0.116. The fraction of sp³-hybridized carbons (Fsp3) is 0.379. The topological polar surface area (TPSA) is 88.6 Å². The fourth-order valence-electron chi connectivity index (χ4n) is 5.39. The molecular formula is C29H28F4N6O2. The van der Waals surface area contributed by atoms with E-state index in [1.807, 2.05) is 42.3 Å². The zero-order chi connectivity index (χ0) is 28.7. The molecule has 0 spiro atoms. The molecule has 2 aromatic heterocycles. The molecule has 1 amide bonds. The summed E-state index contributed by atoms with van der Waals surface area (Å²) >= 11 is 0. The average Bonchev–Trinajstić information content (AvgIpc) is 3.47. The lowest BCUT2D eigenvalue weighted by molar-refractivity contribution is -0.139. The van der Waals surface area contributed by atoms with Crippen molar-refractivity contribution in [3.8, 4) is 11.5 Å². The molecule has 214 valence electrons. The Morgan fingerprint density at radius 1 is 1.17 bits per heavy atom. The minimum Gasteiger partial charge on any atom is -0.347 e. The summed E-state index contributed by atoms with van der Waals surface area (Å²) in [5.41, 5.74) is 2.19. The number of carbonyl (C=O) groups excluding carboxylic acids is 1. The summed E-state index contributed by atoms with van der Waals surface area (Å²) in [6, 6.07) is 16.1. The number of amides is 1. The summed E-state index contributed by atoms with van der Waals surface area (Å²) in [6.45, 7) is -0.476. The van der Waals surface area contributed by atoms with Gasteiger partial charge in [-0.3, -0.25) is 9.79 Å². The van der Waals surface area contributed by atoms with Gasteiger partial charge in [0.05, 0.1) is 29.2 Å². The van der Waals surface area contributed by atoms with Crippen LogP contribution in [0.3, 0.4) is 0 Å². The Morgan fingerprint density at radius 2 is 1.98 bits per heavy atom. The lowest BCUT2D eigenvalue weighted by Gasteiger charge is -2.26. The van der Waals surface area contributed by atoms with Gasteiger partial charge in [-0.2, -0.15) is 18.2 Å². The minimum atomic E-state index is -4.53. The van der Waals surface area contributed by atoms with Crippen molar-refractivity contribution in [3.63, 3.8) is 0 Å². The molecule has 1 saturated carbocycles. The Kier molecular flexibility index (Phi) is 7.10. The van der Waals surface area contributed by atoms with Crippen molar-refractivity contribution in [3.05, 3.63) is 66.1 Å². The third kappa shape index (κ3) is 5.88. The van der Waals surface area contributed by atoms with Crippen molar-refractivity contribution in [1.82, 2.24) is 24.9 Å². The number of fused-ring (bicyclic) bond motifs is 1. The molecule has 2 fully saturated rings. The van der Waals surface area contributed by atoms with Gasteiger partial charge in [-0.25, -0.2) is 4.39 Å². The second-order valence-corrected chi connectivity index (χ2v) is 10.6. The van der Waals surface area contributed by atoms with Crippen molar-refractivity contribution in [2.24, 2.45) is 10.9 Å². The maximum atomic E-state index is 14.7. The van der Waals surface area contributed by atoms with Crippen molar-refractivity contribution in [2.75, 3.05) is 20.1 Å². The first-order chi connectivity index (χ1) is 19.7. The van der Waals surface area contributed by atoms with E-state index < -0.39 is 18.9 Å². The highest BCUT2D eigenvalue weighted by atomic mass is 19.4. The van der Waals surface area contributed by atoms with Crippen LogP contribution >= 0.6 is 0 Å². The van der Waals surface area contributed by atoms with E-state index in [2.05, 4.69) is 20.4 Å². The van der Waals surface area contributed by atoms with Gasteiger partial charge in [-0.05, 0) is 43.1 Å². The van der Waals surface area contributed by atoms with Crippen LogP contribution in [0.2, 0.25) is 0 Å². The molecule has 1 N–H and O–H groups in total. The fourth-order valence-corrected chi connectivity index (χ4v) is 5.39. The molecule has 3 atom stereocenters. The number of likely N-dealkylation sites (tertiary alicyclic amines) is 1. The number of nitrogens with one attached hydrogen (secondary N) is 1. The monoisotopic (exact) mass is 568 g/mol. The first-order valence-electron chi connectivity index (χ1n) is 13.4. The van der Waals surface area contributed by atoms with Gasteiger partial charge in [-0.15, -0.1) is 0 Å². The number of piperidine rings is 1. The Balaban J connectivity index is 1.25. The van der Waals surface area contributed by atoms with Crippen LogP contribution in [0.4, 0.5) is 23.2 Å². The highest BCUT2D eigenvalue weighted by molar-refractivity contribution is 5.99. The number of alkyl halides is 4. The number of hydrogen-bond donors (Lipinski definition) is 1. The van der Waals surface area contributed by atoms with Crippen LogP contribution < -0.4 is 5.32 Å². The van der Waals surface area contributed by atoms with Crippen LogP contribution in [-0.2, 0) is 17.9 Å². The van der Waals surface area contributed by atoms with Gasteiger partial charge >= 0.3 is 6.18 Å². The molecule has 1 aliphatic heterocycles. The molecule has 8 nitrogen and oxygen atoms in total. The van der Waals surface area contributed by atoms with Crippen LogP contribution in [0, 0.1) is 5.92 Å². The van der Waals surface area contributed by atoms with Crippen molar-refractivity contribution >= 4 is 28.2 Å². The van der Waals surface area contributed by atoms with E-state index in [0.29, 0.717) is 29.8 Å². The molecule has 0 bridgehead atoms. The van der Waals surface area contributed by atoms with Crippen molar-refractivity contribution in [2.45, 2.75) is 44.2 Å². The number of nitrogens with zero attached hydrogens (tertiary/aromatic N) is 5. The number of halogens is 4. The highest BCUT2D eigenvalue weighted by Gasteiger charge is 2.43. The molecule has 3 heterocycles. The second-order valence-electron chi connectivity index (χ2n) is 10.6. The van der Waals surface area contributed by atoms with E-state index in [-0.39, 0.29) is 53.8 Å². The van der Waals surface area contributed by atoms with Gasteiger partial charge in [-0.1, -0.05) is 41.6 Å². The molecule has 12 heteroatoms. The summed E-state index contributed by atoms with van der Waals surface area (Å²) in [5, 5.41) is 7.12. The zero-order valence-electron chi connectivity index (χ0n) is 22.2. The predicted molar refractivity (Wildman–Crippen MR) is 145 cm³/mol. The molecule has 0 unspecified atom stereocenters. The molecular weight excluding hydrogens is 540 g/mol. The maximum absolute atomic E-state index is 14.7. The predicted octanol–water partition coefficient (Wildman–Crippen LogP) is 5.42. The van der Waals surface area contributed by atoms with E-state index in [4.69, 9.17) is 4.52 Å². The van der Waals surface area contributed by atoms with E-state index in [1.54, 1.807) is 18.2 Å². The van der Waals surface area contributed by atoms with Crippen LogP contribution in [0.5, 0.6) is 0 Å². The van der Waals surface area contributed by atoms with Crippen LogP contribution in [0.15, 0.2) is 64.1 Å². The second kappa shape index (κ2) is 10.7. The van der Waals surface area contributed by atoms with Gasteiger partial charge in [0.25, 0.3) is 0 Å². The maximum Gasteiger partial charge on any atom is 0.406 e. The Labute approximate surface area is 233 Å². The standard InChI is InChI=1S/C29H28F4N6O2/c1-38-11-10-23(21(30)15-38)35-22-8-5-9-24-20(22)13-25(39(24)16-29(31,32)33)27-36-26(41-37-27)14-34-28(40)19-12-18(19)17-6-3-2-4-7-17/h2-9,13,18-19,21H,10-12,14-16H2,1H3,(H,34,40)/t18-,19-,21+/m1/s1. The lowest BCUT2D eigenvalue weighted by Crippen LogP contribution is -2.39. The van der Waals surface area contributed by atoms with Crippen LogP contribution in [-0.4, -0.2) is 63.7 Å². The molecule has 0 radical (unpaired) electrons. The first kappa shape index (κ1) is 27.1. The Hall–Kier alpha value is -4.06. The largest absolute Gasteiger partial charge is 0.406 e. The Morgan fingerprint density at radius 3 is 2.73 bits per heavy atom. The third-order valence-corrected chi connectivity index (χ3v) is 7.57. The van der Waals surface area contributed by atoms with Crippen LogP contribution in [0.25, 0.3) is 22.4 Å². The molecule has 1 saturated heterocycles. The molecule has 41 heavy (non-hydrogen) atoms. The molecule has 4 aromatic rings. The van der Waals surface area contributed by atoms with E-state index >= 15 is 0 Å². The summed E-state index contributed by atoms with van der Waals surface area (Å²) < 4.78 is 61.9. The molecule has 6 rings (SSSR count). The van der Waals surface area contributed by atoms with Gasteiger partial charge in [0, 0.05) is 30.8 Å². The number of carbonyl (C=O) groups is 1. The number of rotatable bonds is 7. The smallest absolute Gasteiger partial charge is 0.347 e. The lowest BCUT2D eigenvalue weighted by atomic mass is 10.1. The summed E-state index contributed by atoms with van der Waals surface area (Å²) in [4.78, 5) is 23.3. The van der Waals surface area contributed by atoms with E-state index in [9.17, 15) is 22.4 Å². The van der Waals surface area contributed by atoms with Crippen molar-refractivity contribution < 1.29 is 26.9 Å². The summed E-state index contributed by atoms with van der Waals surface area (Å²) in [7, 11) is 1.82. The van der Waals surface area contributed by atoms with Gasteiger partial charge < -0.3 is 19.3 Å². The number of benzene rings is 2. The van der Waals surface area contributed by atoms with Gasteiger partial charge in [0.1, 0.15) is 6.54 Å². The van der Waals surface area contributed by atoms with Crippen LogP contribution in [0.1, 0.15) is 30.2 Å². The molecule has 2 aliphatic rings. The normalized spacial score (nSPS) is 22.4. The van der Waals surface area contributed by atoms with Gasteiger partial charge in [0.2, 0.25) is 17.6 Å². The Bertz CT molecular complexity index is 1600. The minimum absolute atomic E-state index is 0.0470. The third-order valence-electron chi connectivity index (χ3n) is 7.57. The highest BCUT2D eigenvalue weighted by Crippen LogP contribution is 2.47.